The molecule has 0 bridgehead atoms. The number of hydrogen-bond donors (Lipinski definition) is 2. The molecular weight excluding hydrogens is 204 g/mol. The molecule has 0 atom stereocenters. The number of carbonyl (C=O) groups excluding carboxylic acids is 1. The predicted molar refractivity (Wildman–Crippen MR) is 64.3 cm³/mol. The fourth-order valence-electron chi connectivity index (χ4n) is 2.09. The van der Waals surface area contributed by atoms with Crippen LogP contribution in [0.15, 0.2) is 0 Å². The second-order valence-electron chi connectivity index (χ2n) is 4.48. The Labute approximate surface area is 98.1 Å². The molecule has 94 valence electrons. The molecule has 1 aliphatic carbocycles. The highest BCUT2D eigenvalue weighted by molar-refractivity contribution is 5.77. The van der Waals surface area contributed by atoms with E-state index in [9.17, 15) is 4.79 Å². The minimum Gasteiger partial charge on any atom is -0.383 e. The van der Waals surface area contributed by atoms with E-state index in [1.165, 1.54) is 32.1 Å². The lowest BCUT2D eigenvalue weighted by molar-refractivity contribution is -0.120. The molecule has 0 radical (unpaired) electrons. The topological polar surface area (TPSA) is 50.4 Å². The van der Waals surface area contributed by atoms with Crippen molar-refractivity contribution in [3.8, 4) is 0 Å². The number of hydrogen-bond acceptors (Lipinski definition) is 3. The van der Waals surface area contributed by atoms with Gasteiger partial charge in [-0.25, -0.2) is 0 Å². The third-order valence-corrected chi connectivity index (χ3v) is 3.08. The average Bonchev–Trinajstić information content (AvgIpc) is 2.33. The van der Waals surface area contributed by atoms with Gasteiger partial charge in [-0.3, -0.25) is 4.79 Å². The Morgan fingerprint density at radius 1 is 1.31 bits per heavy atom. The zero-order valence-corrected chi connectivity index (χ0v) is 10.3. The van der Waals surface area contributed by atoms with E-state index in [-0.39, 0.29) is 5.91 Å². The molecule has 0 heterocycles. The summed E-state index contributed by atoms with van der Waals surface area (Å²) in [7, 11) is 1.66. The third kappa shape index (κ3) is 6.08. The first-order valence-corrected chi connectivity index (χ1v) is 6.29. The Kier molecular flexibility index (Phi) is 7.17. The summed E-state index contributed by atoms with van der Waals surface area (Å²) in [6.45, 7) is 2.63. The molecule has 0 aromatic rings. The van der Waals surface area contributed by atoms with Crippen LogP contribution >= 0.6 is 0 Å². The van der Waals surface area contributed by atoms with Crippen LogP contribution < -0.4 is 10.6 Å². The molecule has 4 nitrogen and oxygen atoms in total. The molecule has 16 heavy (non-hydrogen) atoms. The maximum absolute atomic E-state index is 11.4. The van der Waals surface area contributed by atoms with Crippen LogP contribution in [-0.2, 0) is 9.53 Å². The molecule has 4 heteroatoms. The van der Waals surface area contributed by atoms with Crippen molar-refractivity contribution >= 4 is 5.91 Å². The van der Waals surface area contributed by atoms with Crippen LogP contribution in [-0.4, -0.2) is 39.3 Å². The molecule has 0 spiro atoms. The molecule has 1 rings (SSSR count). The summed E-state index contributed by atoms with van der Waals surface area (Å²) in [6, 6.07) is 0. The van der Waals surface area contributed by atoms with E-state index in [1.54, 1.807) is 7.11 Å². The van der Waals surface area contributed by atoms with E-state index < -0.39 is 0 Å². The largest absolute Gasteiger partial charge is 0.383 e. The molecule has 0 aromatic heterocycles. The molecule has 0 aliphatic heterocycles. The second kappa shape index (κ2) is 8.53. The zero-order chi connectivity index (χ0) is 11.6. The van der Waals surface area contributed by atoms with E-state index in [0.717, 1.165) is 13.1 Å². The quantitative estimate of drug-likeness (QED) is 0.637. The number of amides is 1. The summed E-state index contributed by atoms with van der Waals surface area (Å²) in [5.74, 6) is 0.804. The highest BCUT2D eigenvalue weighted by Crippen LogP contribution is 2.22. The molecule has 1 saturated carbocycles. The fraction of sp³-hybridized carbons (Fsp3) is 0.917. The molecule has 0 aromatic carbocycles. The monoisotopic (exact) mass is 228 g/mol. The van der Waals surface area contributed by atoms with Crippen LogP contribution in [0.25, 0.3) is 0 Å². The molecular formula is C12H24N2O2. The van der Waals surface area contributed by atoms with Gasteiger partial charge in [0.2, 0.25) is 5.91 Å². The lowest BCUT2D eigenvalue weighted by Gasteiger charge is -2.21. The highest BCUT2D eigenvalue weighted by atomic mass is 16.5. The number of methoxy groups -OCH3 is 1. The van der Waals surface area contributed by atoms with Crippen molar-refractivity contribution < 1.29 is 9.53 Å². The van der Waals surface area contributed by atoms with Gasteiger partial charge in [0.1, 0.15) is 0 Å². The first-order chi connectivity index (χ1) is 7.83. The standard InChI is InChI=1S/C12H24N2O2/c1-16-8-7-13-10-12(15)14-9-11-5-3-2-4-6-11/h11,13H,2-10H2,1H3,(H,14,15). The summed E-state index contributed by atoms with van der Waals surface area (Å²) in [5.41, 5.74) is 0. The van der Waals surface area contributed by atoms with Crippen molar-refractivity contribution in [3.63, 3.8) is 0 Å². The number of nitrogens with one attached hydrogen (secondary N) is 2. The Morgan fingerprint density at radius 3 is 2.75 bits per heavy atom. The SMILES string of the molecule is COCCNCC(=O)NCC1CCCCC1. The zero-order valence-electron chi connectivity index (χ0n) is 10.3. The molecule has 1 fully saturated rings. The van der Waals surface area contributed by atoms with Crippen LogP contribution in [0.1, 0.15) is 32.1 Å². The van der Waals surface area contributed by atoms with Crippen LogP contribution in [0.2, 0.25) is 0 Å². The van der Waals surface area contributed by atoms with Crippen LogP contribution in [0, 0.1) is 5.92 Å². The summed E-state index contributed by atoms with van der Waals surface area (Å²) in [5, 5.41) is 6.02. The number of carbonyl (C=O) groups is 1. The van der Waals surface area contributed by atoms with E-state index in [0.29, 0.717) is 19.1 Å². The molecule has 1 amide bonds. The van der Waals surface area contributed by atoms with Crippen molar-refractivity contribution in [1.29, 1.82) is 0 Å². The van der Waals surface area contributed by atoms with Gasteiger partial charge >= 0.3 is 0 Å². The smallest absolute Gasteiger partial charge is 0.233 e. The first kappa shape index (κ1) is 13.5. The molecule has 2 N–H and O–H groups in total. The second-order valence-corrected chi connectivity index (χ2v) is 4.48. The van der Waals surface area contributed by atoms with E-state index >= 15 is 0 Å². The fourth-order valence-corrected chi connectivity index (χ4v) is 2.09. The van der Waals surface area contributed by atoms with Gasteiger partial charge in [0.15, 0.2) is 0 Å². The molecule has 0 saturated heterocycles. The van der Waals surface area contributed by atoms with E-state index in [2.05, 4.69) is 10.6 Å². The van der Waals surface area contributed by atoms with Crippen molar-refractivity contribution in [1.82, 2.24) is 10.6 Å². The number of rotatable bonds is 7. The van der Waals surface area contributed by atoms with Crippen LogP contribution in [0.4, 0.5) is 0 Å². The Hall–Kier alpha value is -0.610. The van der Waals surface area contributed by atoms with Gasteiger partial charge in [0.05, 0.1) is 13.2 Å². The summed E-state index contributed by atoms with van der Waals surface area (Å²) >= 11 is 0. The molecule has 0 unspecified atom stereocenters. The summed E-state index contributed by atoms with van der Waals surface area (Å²) < 4.78 is 4.88. The maximum Gasteiger partial charge on any atom is 0.233 e. The first-order valence-electron chi connectivity index (χ1n) is 6.29. The minimum absolute atomic E-state index is 0.0988. The van der Waals surface area contributed by atoms with E-state index in [4.69, 9.17) is 4.74 Å². The van der Waals surface area contributed by atoms with Crippen LogP contribution in [0.3, 0.4) is 0 Å². The van der Waals surface area contributed by atoms with Crippen molar-refractivity contribution in [2.75, 3.05) is 33.4 Å². The van der Waals surface area contributed by atoms with Crippen molar-refractivity contribution in [2.24, 2.45) is 5.92 Å². The van der Waals surface area contributed by atoms with Crippen molar-refractivity contribution in [2.45, 2.75) is 32.1 Å². The molecule has 1 aliphatic rings. The van der Waals surface area contributed by atoms with Gasteiger partial charge in [0.25, 0.3) is 0 Å². The van der Waals surface area contributed by atoms with Gasteiger partial charge in [-0.1, -0.05) is 19.3 Å². The van der Waals surface area contributed by atoms with Crippen LogP contribution in [0.5, 0.6) is 0 Å². The van der Waals surface area contributed by atoms with Gasteiger partial charge in [0, 0.05) is 20.2 Å². The Balaban J connectivity index is 1.96. The third-order valence-electron chi connectivity index (χ3n) is 3.08. The highest BCUT2D eigenvalue weighted by Gasteiger charge is 2.13. The Bertz CT molecular complexity index is 191. The average molecular weight is 228 g/mol. The summed E-state index contributed by atoms with van der Waals surface area (Å²) in [6.07, 6.45) is 6.57. The Morgan fingerprint density at radius 2 is 2.06 bits per heavy atom. The summed E-state index contributed by atoms with van der Waals surface area (Å²) in [4.78, 5) is 11.4. The lowest BCUT2D eigenvalue weighted by Crippen LogP contribution is -2.37. The van der Waals surface area contributed by atoms with Gasteiger partial charge in [-0.15, -0.1) is 0 Å². The predicted octanol–water partition coefficient (Wildman–Crippen LogP) is 0.919. The van der Waals surface area contributed by atoms with Gasteiger partial charge in [-0.2, -0.15) is 0 Å². The minimum atomic E-state index is 0.0988. The van der Waals surface area contributed by atoms with Gasteiger partial charge in [-0.05, 0) is 18.8 Å². The number of ether oxygens (including phenoxy) is 1. The lowest BCUT2D eigenvalue weighted by atomic mass is 9.89. The maximum atomic E-state index is 11.4. The van der Waals surface area contributed by atoms with Gasteiger partial charge < -0.3 is 15.4 Å². The van der Waals surface area contributed by atoms with Crippen molar-refractivity contribution in [3.05, 3.63) is 0 Å². The normalized spacial score (nSPS) is 17.3. The van der Waals surface area contributed by atoms with E-state index in [1.807, 2.05) is 0 Å².